The maximum absolute atomic E-state index is 12.0. The summed E-state index contributed by atoms with van der Waals surface area (Å²) in [5.74, 6) is 0. The van der Waals surface area contributed by atoms with Crippen molar-refractivity contribution in [3.05, 3.63) is 59.1 Å². The third kappa shape index (κ3) is 4.97. The lowest BCUT2D eigenvalue weighted by molar-refractivity contribution is 0.249. The molecule has 0 fully saturated rings. The molecule has 122 valence electrons. The molecule has 2 aromatic carbocycles. The van der Waals surface area contributed by atoms with Crippen LogP contribution in [0.5, 0.6) is 0 Å². The molecule has 2 amide bonds. The summed E-state index contributed by atoms with van der Waals surface area (Å²) < 4.78 is 22.9. The zero-order valence-corrected chi connectivity index (χ0v) is 14.3. The molecule has 0 aliphatic carbocycles. The predicted molar refractivity (Wildman–Crippen MR) is 91.6 cm³/mol. The second-order valence-corrected chi connectivity index (χ2v) is 7.62. The molecule has 2 N–H and O–H groups in total. The van der Waals surface area contributed by atoms with E-state index in [0.29, 0.717) is 10.7 Å². The Bertz CT molecular complexity index is 804. The minimum atomic E-state index is -3.23. The van der Waals surface area contributed by atoms with Crippen LogP contribution in [0.1, 0.15) is 18.5 Å². The summed E-state index contributed by atoms with van der Waals surface area (Å²) in [6.07, 6.45) is 1.15. The smallest absolute Gasteiger partial charge is 0.319 e. The van der Waals surface area contributed by atoms with Gasteiger partial charge in [0.05, 0.1) is 10.9 Å². The molecule has 0 spiro atoms. The fraction of sp³-hybridized carbons (Fsp3) is 0.188. The van der Waals surface area contributed by atoms with Crippen LogP contribution >= 0.6 is 11.6 Å². The Morgan fingerprint density at radius 2 is 1.78 bits per heavy atom. The highest BCUT2D eigenvalue weighted by Crippen LogP contribution is 2.17. The number of nitrogens with one attached hydrogen (secondary N) is 2. The number of benzene rings is 2. The van der Waals surface area contributed by atoms with E-state index in [0.717, 1.165) is 11.8 Å². The van der Waals surface area contributed by atoms with Gasteiger partial charge in [0.25, 0.3) is 0 Å². The van der Waals surface area contributed by atoms with Crippen molar-refractivity contribution in [3.8, 4) is 0 Å². The van der Waals surface area contributed by atoms with Crippen molar-refractivity contribution >= 4 is 33.2 Å². The van der Waals surface area contributed by atoms with Crippen LogP contribution in [0.4, 0.5) is 10.5 Å². The molecule has 0 saturated heterocycles. The number of rotatable bonds is 4. The summed E-state index contributed by atoms with van der Waals surface area (Å²) in [6.45, 7) is 1.81. The average Bonchev–Trinajstić information content (AvgIpc) is 2.46. The van der Waals surface area contributed by atoms with E-state index in [-0.39, 0.29) is 17.0 Å². The zero-order chi connectivity index (χ0) is 17.0. The van der Waals surface area contributed by atoms with Gasteiger partial charge in [-0.15, -0.1) is 0 Å². The Hall–Kier alpha value is -2.05. The van der Waals surface area contributed by atoms with Gasteiger partial charge in [-0.2, -0.15) is 0 Å². The van der Waals surface area contributed by atoms with Crippen LogP contribution in [0, 0.1) is 0 Å². The van der Waals surface area contributed by atoms with Crippen LogP contribution in [0.2, 0.25) is 5.02 Å². The van der Waals surface area contributed by atoms with Crippen molar-refractivity contribution in [2.45, 2.75) is 17.9 Å². The molecule has 5 nitrogen and oxygen atoms in total. The molecule has 0 bridgehead atoms. The van der Waals surface area contributed by atoms with E-state index in [4.69, 9.17) is 11.6 Å². The van der Waals surface area contributed by atoms with Gasteiger partial charge in [-0.25, -0.2) is 13.2 Å². The van der Waals surface area contributed by atoms with Crippen LogP contribution in [-0.2, 0) is 9.84 Å². The topological polar surface area (TPSA) is 75.3 Å². The molecule has 0 aromatic heterocycles. The van der Waals surface area contributed by atoms with E-state index in [9.17, 15) is 13.2 Å². The first kappa shape index (κ1) is 17.3. The van der Waals surface area contributed by atoms with Crippen LogP contribution in [0.3, 0.4) is 0 Å². The Balaban J connectivity index is 2.01. The summed E-state index contributed by atoms with van der Waals surface area (Å²) in [5.41, 5.74) is 1.40. The molecule has 0 saturated carbocycles. The molecule has 23 heavy (non-hydrogen) atoms. The number of urea groups is 1. The Morgan fingerprint density at radius 3 is 2.35 bits per heavy atom. The molecule has 2 aromatic rings. The molecule has 7 heteroatoms. The van der Waals surface area contributed by atoms with Crippen molar-refractivity contribution in [1.29, 1.82) is 0 Å². The number of anilines is 1. The second-order valence-electron chi connectivity index (χ2n) is 5.17. The fourth-order valence-electron chi connectivity index (χ4n) is 2.02. The summed E-state index contributed by atoms with van der Waals surface area (Å²) in [4.78, 5) is 12.2. The van der Waals surface area contributed by atoms with E-state index in [1.165, 1.54) is 12.1 Å². The lowest BCUT2D eigenvalue weighted by atomic mass is 10.1. The van der Waals surface area contributed by atoms with Crippen molar-refractivity contribution in [2.24, 2.45) is 0 Å². The van der Waals surface area contributed by atoms with Crippen molar-refractivity contribution in [2.75, 3.05) is 11.6 Å². The van der Waals surface area contributed by atoms with Gasteiger partial charge >= 0.3 is 6.03 Å². The van der Waals surface area contributed by atoms with Gasteiger partial charge < -0.3 is 10.6 Å². The van der Waals surface area contributed by atoms with Crippen LogP contribution < -0.4 is 10.6 Å². The Kier molecular flexibility index (Phi) is 5.28. The summed E-state index contributed by atoms with van der Waals surface area (Å²) in [5, 5.41) is 6.00. The third-order valence-electron chi connectivity index (χ3n) is 3.24. The molecular formula is C16H17ClN2O3S. The maximum Gasteiger partial charge on any atom is 0.319 e. The summed E-state index contributed by atoms with van der Waals surface area (Å²) >= 11 is 5.86. The van der Waals surface area contributed by atoms with Crippen LogP contribution in [-0.4, -0.2) is 20.7 Å². The number of amides is 2. The van der Waals surface area contributed by atoms with E-state index in [2.05, 4.69) is 10.6 Å². The number of hydrogen-bond acceptors (Lipinski definition) is 3. The van der Waals surface area contributed by atoms with Gasteiger partial charge in [0, 0.05) is 17.0 Å². The van der Waals surface area contributed by atoms with E-state index in [1.807, 2.05) is 6.92 Å². The molecule has 0 aliphatic heterocycles. The first-order valence-electron chi connectivity index (χ1n) is 6.89. The van der Waals surface area contributed by atoms with Crippen molar-refractivity contribution in [1.82, 2.24) is 5.32 Å². The van der Waals surface area contributed by atoms with Gasteiger partial charge in [0.2, 0.25) is 0 Å². The second kappa shape index (κ2) is 7.02. The van der Waals surface area contributed by atoms with Gasteiger partial charge in [0.1, 0.15) is 0 Å². The SMILES string of the molecule is CC(NC(=O)Nc1cccc(Cl)c1)c1ccc(S(C)(=O)=O)cc1. The van der Waals surface area contributed by atoms with Crippen molar-refractivity contribution < 1.29 is 13.2 Å². The lowest BCUT2D eigenvalue weighted by Crippen LogP contribution is -2.31. The molecule has 0 heterocycles. The monoisotopic (exact) mass is 352 g/mol. The highest BCUT2D eigenvalue weighted by Gasteiger charge is 2.12. The number of hydrogen-bond donors (Lipinski definition) is 2. The largest absolute Gasteiger partial charge is 0.331 e. The molecule has 1 atom stereocenters. The number of halogens is 1. The lowest BCUT2D eigenvalue weighted by Gasteiger charge is -2.15. The average molecular weight is 353 g/mol. The quantitative estimate of drug-likeness (QED) is 0.882. The van der Waals surface area contributed by atoms with E-state index in [1.54, 1.807) is 36.4 Å². The molecular weight excluding hydrogens is 336 g/mol. The number of carbonyl (C=O) groups excluding carboxylic acids is 1. The Labute approximate surface area is 140 Å². The summed E-state index contributed by atoms with van der Waals surface area (Å²) in [7, 11) is -3.23. The third-order valence-corrected chi connectivity index (χ3v) is 4.60. The summed E-state index contributed by atoms with van der Waals surface area (Å²) in [6, 6.07) is 12.6. The number of carbonyl (C=O) groups is 1. The minimum Gasteiger partial charge on any atom is -0.331 e. The first-order chi connectivity index (χ1) is 10.8. The van der Waals surface area contributed by atoms with E-state index < -0.39 is 9.84 Å². The van der Waals surface area contributed by atoms with Crippen molar-refractivity contribution in [3.63, 3.8) is 0 Å². The standard InChI is InChI=1S/C16H17ClN2O3S/c1-11(12-6-8-15(9-7-12)23(2,21)22)18-16(20)19-14-5-3-4-13(17)10-14/h3-11H,1-2H3,(H2,18,19,20). The highest BCUT2D eigenvalue weighted by atomic mass is 35.5. The predicted octanol–water partition coefficient (Wildman–Crippen LogP) is 3.63. The van der Waals surface area contributed by atoms with Gasteiger partial charge in [0.15, 0.2) is 9.84 Å². The zero-order valence-electron chi connectivity index (χ0n) is 12.7. The molecule has 0 aliphatic rings. The van der Waals surface area contributed by atoms with Gasteiger partial charge in [-0.1, -0.05) is 29.8 Å². The normalized spacial score (nSPS) is 12.5. The van der Waals surface area contributed by atoms with Crippen LogP contribution in [0.25, 0.3) is 0 Å². The highest BCUT2D eigenvalue weighted by molar-refractivity contribution is 7.90. The Morgan fingerprint density at radius 1 is 1.13 bits per heavy atom. The fourth-order valence-corrected chi connectivity index (χ4v) is 2.84. The molecule has 0 radical (unpaired) electrons. The number of sulfone groups is 1. The maximum atomic E-state index is 12.0. The minimum absolute atomic E-state index is 0.247. The molecule has 1 unspecified atom stereocenters. The first-order valence-corrected chi connectivity index (χ1v) is 9.16. The van der Waals surface area contributed by atoms with E-state index >= 15 is 0 Å². The van der Waals surface area contributed by atoms with Gasteiger partial charge in [-0.3, -0.25) is 0 Å². The molecule has 2 rings (SSSR count). The van der Waals surface area contributed by atoms with Crippen LogP contribution in [0.15, 0.2) is 53.4 Å². The van der Waals surface area contributed by atoms with Gasteiger partial charge in [-0.05, 0) is 42.8 Å².